The highest BCUT2D eigenvalue weighted by atomic mass is 19.1. The summed E-state index contributed by atoms with van der Waals surface area (Å²) in [6.07, 6.45) is 2.64. The van der Waals surface area contributed by atoms with Gasteiger partial charge in [0.25, 0.3) is 0 Å². The Morgan fingerprint density at radius 1 is 1.19 bits per heavy atom. The number of fused-ring (bicyclic) bond motifs is 1. The van der Waals surface area contributed by atoms with E-state index >= 15 is 0 Å². The predicted molar refractivity (Wildman–Crippen MR) is 55.6 cm³/mol. The molecule has 0 heterocycles. The Balaban J connectivity index is 1.84. The lowest BCUT2D eigenvalue weighted by atomic mass is 9.99. The van der Waals surface area contributed by atoms with Crippen molar-refractivity contribution in [3.05, 3.63) is 35.4 Å². The van der Waals surface area contributed by atoms with Gasteiger partial charge >= 0.3 is 0 Å². The van der Waals surface area contributed by atoms with Crippen LogP contribution in [0.5, 0.6) is 0 Å². The van der Waals surface area contributed by atoms with Crippen molar-refractivity contribution < 1.29 is 13.9 Å². The van der Waals surface area contributed by atoms with E-state index in [1.54, 1.807) is 0 Å². The smallest absolute Gasteiger partial charge is 0.129 e. The highest BCUT2D eigenvalue weighted by Gasteiger charge is 2.56. The van der Waals surface area contributed by atoms with Gasteiger partial charge in [-0.25, -0.2) is 8.78 Å². The van der Waals surface area contributed by atoms with Gasteiger partial charge in [-0.3, -0.25) is 0 Å². The van der Waals surface area contributed by atoms with E-state index in [9.17, 15) is 13.9 Å². The maximum absolute atomic E-state index is 13.5. The number of hydrogen-bond donors (Lipinski definition) is 1. The van der Waals surface area contributed by atoms with Crippen LogP contribution in [0.15, 0.2) is 18.2 Å². The Morgan fingerprint density at radius 3 is 2.56 bits per heavy atom. The lowest BCUT2D eigenvalue weighted by molar-refractivity contribution is 0.132. The number of hydrogen-bond acceptors (Lipinski definition) is 1. The first-order valence-electron chi connectivity index (χ1n) is 5.81. The summed E-state index contributed by atoms with van der Waals surface area (Å²) in [6.45, 7) is 0. The standard InChI is InChI=1S/C13H14F2O/c14-7-4-5-11(15)10(6-7)13(16)12-8-2-1-3-9(8)12/h4-6,8-9,12-13,16H,1-3H2. The zero-order valence-corrected chi connectivity index (χ0v) is 8.87. The molecule has 0 bridgehead atoms. The molecule has 3 heteroatoms. The van der Waals surface area contributed by atoms with Crippen molar-refractivity contribution in [3.8, 4) is 0 Å². The molecule has 0 aliphatic heterocycles. The van der Waals surface area contributed by atoms with Gasteiger partial charge in [0.05, 0.1) is 6.10 Å². The third-order valence-electron chi connectivity index (χ3n) is 4.11. The molecule has 1 nitrogen and oxygen atoms in total. The Morgan fingerprint density at radius 2 is 1.88 bits per heavy atom. The summed E-state index contributed by atoms with van der Waals surface area (Å²) >= 11 is 0. The van der Waals surface area contributed by atoms with Gasteiger partial charge in [0.15, 0.2) is 0 Å². The Labute approximate surface area is 93.1 Å². The minimum Gasteiger partial charge on any atom is -0.388 e. The van der Waals surface area contributed by atoms with Crippen LogP contribution in [0, 0.1) is 29.4 Å². The fraction of sp³-hybridized carbons (Fsp3) is 0.538. The minimum atomic E-state index is -0.828. The number of aliphatic hydroxyl groups excluding tert-OH is 1. The van der Waals surface area contributed by atoms with Crippen LogP contribution < -0.4 is 0 Å². The molecule has 1 aromatic carbocycles. The molecular weight excluding hydrogens is 210 g/mol. The SMILES string of the molecule is OC(c1cc(F)ccc1F)C1C2CCCC21. The Kier molecular flexibility index (Phi) is 2.25. The summed E-state index contributed by atoms with van der Waals surface area (Å²) in [6, 6.07) is 3.29. The van der Waals surface area contributed by atoms with Crippen LogP contribution in [0.2, 0.25) is 0 Å². The summed E-state index contributed by atoms with van der Waals surface area (Å²) in [5, 5.41) is 10.1. The molecule has 0 radical (unpaired) electrons. The first-order chi connectivity index (χ1) is 7.68. The van der Waals surface area contributed by atoms with Crippen LogP contribution in [0.3, 0.4) is 0 Å². The van der Waals surface area contributed by atoms with Crippen molar-refractivity contribution >= 4 is 0 Å². The summed E-state index contributed by atoms with van der Waals surface area (Å²) in [5.41, 5.74) is 0.124. The van der Waals surface area contributed by atoms with E-state index in [1.807, 2.05) is 0 Å². The zero-order chi connectivity index (χ0) is 11.3. The van der Waals surface area contributed by atoms with E-state index in [0.717, 1.165) is 31.0 Å². The van der Waals surface area contributed by atoms with Crippen molar-refractivity contribution in [1.29, 1.82) is 0 Å². The molecule has 16 heavy (non-hydrogen) atoms. The fourth-order valence-corrected chi connectivity index (χ4v) is 3.29. The summed E-state index contributed by atoms with van der Waals surface area (Å²) in [5.74, 6) is 0.250. The second-order valence-corrected chi connectivity index (χ2v) is 4.95. The maximum atomic E-state index is 13.5. The van der Waals surface area contributed by atoms with Crippen LogP contribution in [0.4, 0.5) is 8.78 Å². The molecule has 2 saturated carbocycles. The van der Waals surface area contributed by atoms with Gasteiger partial charge in [-0.1, -0.05) is 6.42 Å². The van der Waals surface area contributed by atoms with Crippen molar-refractivity contribution in [2.24, 2.45) is 17.8 Å². The van der Waals surface area contributed by atoms with Crippen LogP contribution >= 0.6 is 0 Å². The molecule has 3 rings (SSSR count). The van der Waals surface area contributed by atoms with Crippen LogP contribution in [0.25, 0.3) is 0 Å². The van der Waals surface area contributed by atoms with E-state index in [1.165, 1.54) is 6.42 Å². The van der Waals surface area contributed by atoms with Crippen LogP contribution in [-0.4, -0.2) is 5.11 Å². The largest absolute Gasteiger partial charge is 0.388 e. The van der Waals surface area contributed by atoms with E-state index < -0.39 is 17.7 Å². The van der Waals surface area contributed by atoms with Gasteiger partial charge < -0.3 is 5.11 Å². The first-order valence-corrected chi connectivity index (χ1v) is 5.81. The molecule has 2 fully saturated rings. The molecule has 1 aromatic rings. The van der Waals surface area contributed by atoms with Crippen LogP contribution in [-0.2, 0) is 0 Å². The normalized spacial score (nSPS) is 33.6. The van der Waals surface area contributed by atoms with Crippen molar-refractivity contribution in [2.75, 3.05) is 0 Å². The molecule has 2 aliphatic carbocycles. The number of halogens is 2. The Bertz CT molecular complexity index is 408. The van der Waals surface area contributed by atoms with Crippen molar-refractivity contribution in [2.45, 2.75) is 25.4 Å². The third kappa shape index (κ3) is 1.46. The number of aliphatic hydroxyl groups is 1. The highest BCUT2D eigenvalue weighted by Crippen LogP contribution is 2.62. The van der Waals surface area contributed by atoms with Gasteiger partial charge in [0.1, 0.15) is 11.6 Å². The number of rotatable bonds is 2. The van der Waals surface area contributed by atoms with Crippen molar-refractivity contribution in [3.63, 3.8) is 0 Å². The molecule has 3 unspecified atom stereocenters. The van der Waals surface area contributed by atoms with E-state index in [-0.39, 0.29) is 11.5 Å². The minimum absolute atomic E-state index is 0.124. The molecule has 0 spiro atoms. The second kappa shape index (κ2) is 3.52. The van der Waals surface area contributed by atoms with Gasteiger partial charge in [0.2, 0.25) is 0 Å². The first kappa shape index (κ1) is 10.2. The molecule has 3 atom stereocenters. The van der Waals surface area contributed by atoms with Crippen molar-refractivity contribution in [1.82, 2.24) is 0 Å². The van der Waals surface area contributed by atoms with Gasteiger partial charge in [-0.15, -0.1) is 0 Å². The summed E-state index contributed by atoms with van der Waals surface area (Å²) < 4.78 is 26.5. The monoisotopic (exact) mass is 224 g/mol. The van der Waals surface area contributed by atoms with Crippen LogP contribution in [0.1, 0.15) is 30.9 Å². The molecule has 86 valence electrons. The molecule has 1 N–H and O–H groups in total. The van der Waals surface area contributed by atoms with Gasteiger partial charge in [-0.2, -0.15) is 0 Å². The number of benzene rings is 1. The second-order valence-electron chi connectivity index (χ2n) is 4.95. The van der Waals surface area contributed by atoms with Gasteiger partial charge in [-0.05, 0) is 48.8 Å². The average molecular weight is 224 g/mol. The molecule has 0 aromatic heterocycles. The maximum Gasteiger partial charge on any atom is 0.129 e. The average Bonchev–Trinajstić information content (AvgIpc) is 2.74. The van der Waals surface area contributed by atoms with E-state index in [4.69, 9.17) is 0 Å². The third-order valence-corrected chi connectivity index (χ3v) is 4.11. The summed E-state index contributed by atoms with van der Waals surface area (Å²) in [7, 11) is 0. The lowest BCUT2D eigenvalue weighted by Gasteiger charge is -2.13. The molecular formula is C13H14F2O. The molecule has 2 aliphatic rings. The Hall–Kier alpha value is -0.960. The topological polar surface area (TPSA) is 20.2 Å². The van der Waals surface area contributed by atoms with E-state index in [0.29, 0.717) is 11.8 Å². The molecule has 0 saturated heterocycles. The van der Waals surface area contributed by atoms with E-state index in [2.05, 4.69) is 0 Å². The summed E-state index contributed by atoms with van der Waals surface area (Å²) in [4.78, 5) is 0. The quantitative estimate of drug-likeness (QED) is 0.818. The fourth-order valence-electron chi connectivity index (χ4n) is 3.29. The zero-order valence-electron chi connectivity index (χ0n) is 8.87. The molecule has 0 amide bonds. The predicted octanol–water partition coefficient (Wildman–Crippen LogP) is 3.04. The van der Waals surface area contributed by atoms with Gasteiger partial charge in [0, 0.05) is 5.56 Å². The highest BCUT2D eigenvalue weighted by molar-refractivity contribution is 5.24. The lowest BCUT2D eigenvalue weighted by Crippen LogP contribution is -2.07.